The molecule has 1 fully saturated rings. The van der Waals surface area contributed by atoms with Crippen LogP contribution in [-0.2, 0) is 17.6 Å². The number of aromatic nitrogens is 2. The number of halogens is 1. The Morgan fingerprint density at radius 1 is 1.13 bits per heavy atom. The van der Waals surface area contributed by atoms with E-state index >= 15 is 0 Å². The summed E-state index contributed by atoms with van der Waals surface area (Å²) >= 11 is 5.89. The number of benzene rings is 2. The van der Waals surface area contributed by atoms with Crippen LogP contribution in [0.3, 0.4) is 0 Å². The number of amides is 1. The third-order valence-electron chi connectivity index (χ3n) is 5.53. The summed E-state index contributed by atoms with van der Waals surface area (Å²) in [4.78, 5) is 14.5. The monoisotopic (exact) mass is 423 g/mol. The molecular weight excluding hydrogens is 398 g/mol. The Kier molecular flexibility index (Phi) is 6.70. The van der Waals surface area contributed by atoms with Crippen LogP contribution in [0.4, 0.5) is 0 Å². The van der Waals surface area contributed by atoms with Crippen LogP contribution < -0.4 is 4.74 Å². The van der Waals surface area contributed by atoms with E-state index in [0.29, 0.717) is 24.0 Å². The summed E-state index contributed by atoms with van der Waals surface area (Å²) in [6.45, 7) is 2.12. The Labute approximate surface area is 182 Å². The predicted octanol–water partition coefficient (Wildman–Crippen LogP) is 4.63. The third kappa shape index (κ3) is 5.42. The van der Waals surface area contributed by atoms with E-state index in [1.165, 1.54) is 5.56 Å². The maximum atomic E-state index is 12.6. The standard InChI is InChI=1S/C24H26ClN3O2/c25-20-7-9-22(10-8-20)30-15-13-21-16-23(27-26-21)19-12-14-28(17-19)24(29)11-6-18-4-2-1-3-5-18/h1-5,7-10,16,19H,6,11-15,17H2,(H,26,27)/t19-/m0/s1. The lowest BCUT2D eigenvalue weighted by Gasteiger charge is -2.16. The number of carbonyl (C=O) groups excluding carboxylic acids is 1. The highest BCUT2D eigenvalue weighted by Gasteiger charge is 2.28. The largest absolute Gasteiger partial charge is 0.493 e. The SMILES string of the molecule is O=C(CCc1ccccc1)N1CC[C@H](c2cc(CCOc3ccc(Cl)cc3)[nH]n2)C1. The summed E-state index contributed by atoms with van der Waals surface area (Å²) in [5.41, 5.74) is 3.29. The maximum absolute atomic E-state index is 12.6. The van der Waals surface area contributed by atoms with Crippen molar-refractivity contribution in [2.24, 2.45) is 0 Å². The van der Waals surface area contributed by atoms with Crippen LogP contribution in [0.2, 0.25) is 5.02 Å². The van der Waals surface area contributed by atoms with Gasteiger partial charge < -0.3 is 9.64 Å². The van der Waals surface area contributed by atoms with Gasteiger partial charge in [-0.25, -0.2) is 0 Å². The van der Waals surface area contributed by atoms with Crippen LogP contribution in [0.1, 0.15) is 35.7 Å². The molecular formula is C24H26ClN3O2. The van der Waals surface area contributed by atoms with Gasteiger partial charge in [-0.1, -0.05) is 41.9 Å². The fourth-order valence-corrected chi connectivity index (χ4v) is 3.93. The van der Waals surface area contributed by atoms with E-state index in [1.807, 2.05) is 47.4 Å². The van der Waals surface area contributed by atoms with Gasteiger partial charge in [0.1, 0.15) is 5.75 Å². The zero-order chi connectivity index (χ0) is 20.8. The summed E-state index contributed by atoms with van der Waals surface area (Å²) in [6.07, 6.45) is 3.07. The van der Waals surface area contributed by atoms with Gasteiger partial charge in [0.2, 0.25) is 5.91 Å². The number of carbonyl (C=O) groups is 1. The lowest BCUT2D eigenvalue weighted by atomic mass is 10.0. The Balaban J connectivity index is 1.23. The van der Waals surface area contributed by atoms with Gasteiger partial charge in [-0.15, -0.1) is 0 Å². The Bertz CT molecular complexity index is 956. The normalized spacial score (nSPS) is 16.0. The van der Waals surface area contributed by atoms with Crippen LogP contribution in [-0.4, -0.2) is 40.7 Å². The number of hydrogen-bond acceptors (Lipinski definition) is 3. The van der Waals surface area contributed by atoms with Crippen molar-refractivity contribution < 1.29 is 9.53 Å². The number of rotatable bonds is 8. The predicted molar refractivity (Wildman–Crippen MR) is 118 cm³/mol. The van der Waals surface area contributed by atoms with E-state index in [9.17, 15) is 4.79 Å². The second kappa shape index (κ2) is 9.81. The van der Waals surface area contributed by atoms with Gasteiger partial charge in [0.15, 0.2) is 0 Å². The quantitative estimate of drug-likeness (QED) is 0.574. The van der Waals surface area contributed by atoms with Crippen LogP contribution in [0.15, 0.2) is 60.7 Å². The van der Waals surface area contributed by atoms with Gasteiger partial charge in [0, 0.05) is 42.6 Å². The topological polar surface area (TPSA) is 58.2 Å². The van der Waals surface area contributed by atoms with Crippen molar-refractivity contribution in [3.63, 3.8) is 0 Å². The second-order valence-corrected chi connectivity index (χ2v) is 8.12. The summed E-state index contributed by atoms with van der Waals surface area (Å²) in [5, 5.41) is 8.30. The summed E-state index contributed by atoms with van der Waals surface area (Å²) < 4.78 is 5.75. The van der Waals surface area contributed by atoms with Gasteiger partial charge in [-0.05, 0) is 48.7 Å². The van der Waals surface area contributed by atoms with E-state index in [4.69, 9.17) is 16.3 Å². The van der Waals surface area contributed by atoms with E-state index < -0.39 is 0 Å². The van der Waals surface area contributed by atoms with Gasteiger partial charge in [-0.3, -0.25) is 9.89 Å². The molecule has 2 aromatic carbocycles. The molecule has 1 aliphatic heterocycles. The molecule has 1 saturated heterocycles. The lowest BCUT2D eigenvalue weighted by molar-refractivity contribution is -0.130. The highest BCUT2D eigenvalue weighted by atomic mass is 35.5. The van der Waals surface area contributed by atoms with Crippen molar-refractivity contribution in [2.45, 2.75) is 31.6 Å². The van der Waals surface area contributed by atoms with Gasteiger partial charge in [-0.2, -0.15) is 5.10 Å². The number of ether oxygens (including phenoxy) is 1. The maximum Gasteiger partial charge on any atom is 0.222 e. The molecule has 6 heteroatoms. The van der Waals surface area contributed by atoms with Crippen molar-refractivity contribution in [3.05, 3.63) is 82.6 Å². The average Bonchev–Trinajstić information content (AvgIpc) is 3.44. The average molecular weight is 424 g/mol. The number of nitrogens with one attached hydrogen (secondary N) is 1. The number of hydrogen-bond donors (Lipinski definition) is 1. The highest BCUT2D eigenvalue weighted by Crippen LogP contribution is 2.27. The number of nitrogens with zero attached hydrogens (tertiary/aromatic N) is 2. The Hall–Kier alpha value is -2.79. The molecule has 1 aliphatic rings. The molecule has 0 spiro atoms. The summed E-state index contributed by atoms with van der Waals surface area (Å²) in [5.74, 6) is 1.33. The van der Waals surface area contributed by atoms with Gasteiger partial charge in [0.25, 0.3) is 0 Å². The first-order chi connectivity index (χ1) is 14.7. The van der Waals surface area contributed by atoms with Gasteiger partial charge in [0.05, 0.1) is 12.3 Å². The fraction of sp³-hybridized carbons (Fsp3) is 0.333. The van der Waals surface area contributed by atoms with E-state index in [0.717, 1.165) is 49.5 Å². The highest BCUT2D eigenvalue weighted by molar-refractivity contribution is 6.30. The van der Waals surface area contributed by atoms with Crippen molar-refractivity contribution in [1.29, 1.82) is 0 Å². The molecule has 0 aliphatic carbocycles. The summed E-state index contributed by atoms with van der Waals surface area (Å²) in [6, 6.07) is 19.6. The fourth-order valence-electron chi connectivity index (χ4n) is 3.81. The first-order valence-corrected chi connectivity index (χ1v) is 10.8. The van der Waals surface area contributed by atoms with Crippen LogP contribution >= 0.6 is 11.6 Å². The van der Waals surface area contributed by atoms with E-state index in [1.54, 1.807) is 0 Å². The van der Waals surface area contributed by atoms with Crippen LogP contribution in [0.25, 0.3) is 0 Å². The van der Waals surface area contributed by atoms with Crippen LogP contribution in [0, 0.1) is 0 Å². The van der Waals surface area contributed by atoms with Crippen LogP contribution in [0.5, 0.6) is 5.75 Å². The molecule has 1 amide bonds. The molecule has 3 aromatic rings. The molecule has 1 aromatic heterocycles. The third-order valence-corrected chi connectivity index (χ3v) is 5.79. The minimum atomic E-state index is 0.230. The first kappa shape index (κ1) is 20.5. The molecule has 5 nitrogen and oxygen atoms in total. The molecule has 1 atom stereocenters. The number of aryl methyl sites for hydroxylation is 1. The van der Waals surface area contributed by atoms with Crippen molar-refractivity contribution in [1.82, 2.24) is 15.1 Å². The van der Waals surface area contributed by atoms with Gasteiger partial charge >= 0.3 is 0 Å². The molecule has 30 heavy (non-hydrogen) atoms. The second-order valence-electron chi connectivity index (χ2n) is 7.68. The molecule has 0 bridgehead atoms. The van der Waals surface area contributed by atoms with Crippen molar-refractivity contribution >= 4 is 17.5 Å². The number of H-pyrrole nitrogens is 1. The zero-order valence-corrected chi connectivity index (χ0v) is 17.6. The molecule has 0 radical (unpaired) electrons. The molecule has 4 rings (SSSR count). The van der Waals surface area contributed by atoms with Crippen molar-refractivity contribution in [2.75, 3.05) is 19.7 Å². The van der Waals surface area contributed by atoms with E-state index in [2.05, 4.69) is 28.4 Å². The molecule has 2 heterocycles. The smallest absolute Gasteiger partial charge is 0.222 e. The van der Waals surface area contributed by atoms with E-state index in [-0.39, 0.29) is 5.91 Å². The minimum Gasteiger partial charge on any atom is -0.493 e. The number of aromatic amines is 1. The molecule has 1 N–H and O–H groups in total. The Morgan fingerprint density at radius 3 is 2.73 bits per heavy atom. The van der Waals surface area contributed by atoms with Crippen molar-refractivity contribution in [3.8, 4) is 5.75 Å². The Morgan fingerprint density at radius 2 is 1.93 bits per heavy atom. The number of likely N-dealkylation sites (tertiary alicyclic amines) is 1. The lowest BCUT2D eigenvalue weighted by Crippen LogP contribution is -2.28. The minimum absolute atomic E-state index is 0.230. The first-order valence-electron chi connectivity index (χ1n) is 10.4. The molecule has 0 unspecified atom stereocenters. The zero-order valence-electron chi connectivity index (χ0n) is 16.9. The molecule has 0 saturated carbocycles. The molecule has 156 valence electrons. The summed E-state index contributed by atoms with van der Waals surface area (Å²) in [7, 11) is 0.